The van der Waals surface area contributed by atoms with Crippen molar-refractivity contribution >= 4 is 11.6 Å². The Bertz CT molecular complexity index is 596. The van der Waals surface area contributed by atoms with E-state index in [0.29, 0.717) is 5.82 Å². The van der Waals surface area contributed by atoms with E-state index in [1.54, 1.807) is 17.2 Å². The van der Waals surface area contributed by atoms with Crippen LogP contribution in [0.4, 0.5) is 5.69 Å². The molecule has 7 heteroatoms. The van der Waals surface area contributed by atoms with Gasteiger partial charge in [-0.1, -0.05) is 0 Å². The zero-order valence-corrected chi connectivity index (χ0v) is 11.0. The largest absolute Gasteiger partial charge is 0.321 e. The Morgan fingerprint density at radius 1 is 1.42 bits per heavy atom. The van der Waals surface area contributed by atoms with Gasteiger partial charge in [0.05, 0.1) is 5.69 Å². The third kappa shape index (κ3) is 2.11. The number of carbonyl (C=O) groups excluding carboxylic acids is 1. The summed E-state index contributed by atoms with van der Waals surface area (Å²) >= 11 is 0. The molecular weight excluding hydrogens is 244 g/mol. The van der Waals surface area contributed by atoms with Gasteiger partial charge in [-0.05, 0) is 26.7 Å². The number of hydrogen-bond acceptors (Lipinski definition) is 4. The van der Waals surface area contributed by atoms with Crippen LogP contribution in [0.5, 0.6) is 0 Å². The van der Waals surface area contributed by atoms with E-state index in [0.717, 1.165) is 30.8 Å². The average Bonchev–Trinajstić information content (AvgIpc) is 3.04. The van der Waals surface area contributed by atoms with Gasteiger partial charge in [-0.3, -0.25) is 14.0 Å². The van der Waals surface area contributed by atoms with Crippen LogP contribution in [-0.4, -0.2) is 30.5 Å². The van der Waals surface area contributed by atoms with E-state index < -0.39 is 0 Å². The van der Waals surface area contributed by atoms with Gasteiger partial charge >= 0.3 is 0 Å². The normalized spacial score (nSPS) is 14.6. The maximum absolute atomic E-state index is 12.0. The fourth-order valence-electron chi connectivity index (χ4n) is 2.05. The molecule has 1 saturated carbocycles. The molecule has 19 heavy (non-hydrogen) atoms. The van der Waals surface area contributed by atoms with Crippen molar-refractivity contribution in [1.29, 1.82) is 0 Å². The number of anilines is 1. The lowest BCUT2D eigenvalue weighted by Crippen LogP contribution is -2.15. The lowest BCUT2D eigenvalue weighted by Gasteiger charge is -2.06. The topological polar surface area (TPSA) is 77.6 Å². The summed E-state index contributed by atoms with van der Waals surface area (Å²) in [5, 5.41) is 15.0. The first-order chi connectivity index (χ1) is 9.20. The zero-order valence-electron chi connectivity index (χ0n) is 11.0. The summed E-state index contributed by atoms with van der Waals surface area (Å²) in [6.45, 7) is 4.72. The number of amides is 1. The lowest BCUT2D eigenvalue weighted by atomic mass is 10.3. The summed E-state index contributed by atoms with van der Waals surface area (Å²) in [6, 6.07) is 0. The van der Waals surface area contributed by atoms with Crippen LogP contribution >= 0.6 is 0 Å². The molecule has 1 amide bonds. The van der Waals surface area contributed by atoms with Gasteiger partial charge in [0.2, 0.25) is 5.91 Å². The van der Waals surface area contributed by atoms with E-state index >= 15 is 0 Å². The highest BCUT2D eigenvalue weighted by atomic mass is 16.2. The van der Waals surface area contributed by atoms with Crippen molar-refractivity contribution in [2.45, 2.75) is 33.2 Å². The molecule has 2 aromatic heterocycles. The van der Waals surface area contributed by atoms with Crippen LogP contribution in [0.1, 0.15) is 25.5 Å². The van der Waals surface area contributed by atoms with Gasteiger partial charge < -0.3 is 5.32 Å². The smallest absolute Gasteiger partial charge is 0.227 e. The van der Waals surface area contributed by atoms with E-state index in [4.69, 9.17) is 0 Å². The number of aryl methyl sites for hydroxylation is 1. The van der Waals surface area contributed by atoms with Crippen LogP contribution in [0.3, 0.4) is 0 Å². The van der Waals surface area contributed by atoms with E-state index in [2.05, 4.69) is 20.6 Å². The van der Waals surface area contributed by atoms with Crippen LogP contribution in [0.25, 0.3) is 5.82 Å². The van der Waals surface area contributed by atoms with Crippen molar-refractivity contribution in [1.82, 2.24) is 24.5 Å². The van der Waals surface area contributed by atoms with Gasteiger partial charge in [-0.25, -0.2) is 0 Å². The third-order valence-corrected chi connectivity index (χ3v) is 3.35. The molecule has 0 saturated heterocycles. The fourth-order valence-corrected chi connectivity index (χ4v) is 2.05. The summed E-state index contributed by atoms with van der Waals surface area (Å²) in [6.07, 6.45) is 5.12. The SMILES string of the molecule is CCn1nc(-n2cnnc2)c(NC(=O)C2CC2)c1C. The van der Waals surface area contributed by atoms with Gasteiger partial charge in [0.15, 0.2) is 5.82 Å². The van der Waals surface area contributed by atoms with Gasteiger partial charge in [-0.15, -0.1) is 10.2 Å². The van der Waals surface area contributed by atoms with E-state index in [9.17, 15) is 4.79 Å². The van der Waals surface area contributed by atoms with Crippen LogP contribution < -0.4 is 5.32 Å². The van der Waals surface area contributed by atoms with Crippen molar-refractivity contribution in [3.05, 3.63) is 18.3 Å². The van der Waals surface area contributed by atoms with Crippen LogP contribution in [-0.2, 0) is 11.3 Å². The minimum atomic E-state index is 0.0769. The third-order valence-electron chi connectivity index (χ3n) is 3.35. The first-order valence-electron chi connectivity index (χ1n) is 6.44. The predicted molar refractivity (Wildman–Crippen MR) is 68.9 cm³/mol. The number of hydrogen-bond donors (Lipinski definition) is 1. The standard InChI is InChI=1S/C12H16N6O/c1-3-18-8(2)10(15-12(19)9-4-5-9)11(16-18)17-6-13-14-7-17/h6-7,9H,3-5H2,1-2H3,(H,15,19). The molecule has 1 fully saturated rings. The minimum Gasteiger partial charge on any atom is -0.321 e. The number of rotatable bonds is 4. The number of nitrogens with one attached hydrogen (secondary N) is 1. The summed E-state index contributed by atoms with van der Waals surface area (Å²) in [7, 11) is 0. The monoisotopic (exact) mass is 260 g/mol. The molecule has 0 radical (unpaired) electrons. The maximum Gasteiger partial charge on any atom is 0.227 e. The Labute approximate surface area is 110 Å². The van der Waals surface area contributed by atoms with E-state index in [1.165, 1.54) is 0 Å². The van der Waals surface area contributed by atoms with Gasteiger partial charge in [0, 0.05) is 12.5 Å². The second-order valence-corrected chi connectivity index (χ2v) is 4.73. The fraction of sp³-hybridized carbons (Fsp3) is 0.500. The van der Waals surface area contributed by atoms with Crippen LogP contribution in [0.15, 0.2) is 12.7 Å². The summed E-state index contributed by atoms with van der Waals surface area (Å²) in [5.41, 5.74) is 1.69. The molecule has 7 nitrogen and oxygen atoms in total. The first-order valence-corrected chi connectivity index (χ1v) is 6.44. The summed E-state index contributed by atoms with van der Waals surface area (Å²) < 4.78 is 3.57. The van der Waals surface area contributed by atoms with Gasteiger partial charge in [0.1, 0.15) is 18.3 Å². The second-order valence-electron chi connectivity index (χ2n) is 4.73. The molecule has 0 atom stereocenters. The van der Waals surface area contributed by atoms with Gasteiger partial charge in [0.25, 0.3) is 0 Å². The quantitative estimate of drug-likeness (QED) is 0.894. The highest BCUT2D eigenvalue weighted by Crippen LogP contribution is 2.32. The highest BCUT2D eigenvalue weighted by Gasteiger charge is 2.31. The summed E-state index contributed by atoms with van der Waals surface area (Å²) in [4.78, 5) is 12.0. The predicted octanol–water partition coefficient (Wildman–Crippen LogP) is 1.14. The Morgan fingerprint density at radius 3 is 2.68 bits per heavy atom. The van der Waals surface area contributed by atoms with Crippen molar-refractivity contribution in [3.8, 4) is 5.82 Å². The Hall–Kier alpha value is -2.18. The molecule has 1 N–H and O–H groups in total. The molecule has 1 aliphatic rings. The molecular formula is C12H16N6O. The molecule has 0 aliphatic heterocycles. The minimum absolute atomic E-state index is 0.0769. The Balaban J connectivity index is 1.99. The van der Waals surface area contributed by atoms with Gasteiger partial charge in [-0.2, -0.15) is 5.10 Å². The van der Waals surface area contributed by atoms with E-state index in [1.807, 2.05) is 18.5 Å². The Morgan fingerprint density at radius 2 is 2.11 bits per heavy atom. The average molecular weight is 260 g/mol. The number of nitrogens with zero attached hydrogens (tertiary/aromatic N) is 5. The lowest BCUT2D eigenvalue weighted by molar-refractivity contribution is -0.117. The van der Waals surface area contributed by atoms with Crippen molar-refractivity contribution in [2.24, 2.45) is 5.92 Å². The second kappa shape index (κ2) is 4.49. The summed E-state index contributed by atoms with van der Waals surface area (Å²) in [5.74, 6) is 0.907. The highest BCUT2D eigenvalue weighted by molar-refractivity contribution is 5.96. The molecule has 0 aromatic carbocycles. The molecule has 0 bridgehead atoms. The van der Waals surface area contributed by atoms with Crippen molar-refractivity contribution in [2.75, 3.05) is 5.32 Å². The molecule has 0 spiro atoms. The zero-order chi connectivity index (χ0) is 13.4. The van der Waals surface area contributed by atoms with Crippen molar-refractivity contribution in [3.63, 3.8) is 0 Å². The first kappa shape index (κ1) is 11.9. The molecule has 2 aromatic rings. The molecule has 0 unspecified atom stereocenters. The molecule has 100 valence electrons. The molecule has 3 rings (SSSR count). The Kier molecular flexibility index (Phi) is 2.81. The number of carbonyl (C=O) groups is 1. The number of aromatic nitrogens is 5. The van der Waals surface area contributed by atoms with E-state index in [-0.39, 0.29) is 11.8 Å². The van der Waals surface area contributed by atoms with Crippen LogP contribution in [0.2, 0.25) is 0 Å². The molecule has 1 aliphatic carbocycles. The molecule has 2 heterocycles. The maximum atomic E-state index is 12.0. The van der Waals surface area contributed by atoms with Crippen molar-refractivity contribution < 1.29 is 4.79 Å². The van der Waals surface area contributed by atoms with Crippen LogP contribution in [0, 0.1) is 12.8 Å².